The molecule has 9 heteroatoms. The molecule has 30 heavy (non-hydrogen) atoms. The number of carbonyl (C=O) groups is 1. The Morgan fingerprint density at radius 1 is 1.13 bits per heavy atom. The van der Waals surface area contributed by atoms with Crippen LogP contribution in [0.2, 0.25) is 0 Å². The van der Waals surface area contributed by atoms with Gasteiger partial charge in [0.25, 0.3) is 0 Å². The highest BCUT2D eigenvalue weighted by Gasteiger charge is 2.20. The van der Waals surface area contributed by atoms with Crippen LogP contribution in [0, 0.1) is 18.6 Å². The van der Waals surface area contributed by atoms with Gasteiger partial charge in [0.15, 0.2) is 11.0 Å². The summed E-state index contributed by atoms with van der Waals surface area (Å²) in [5.41, 5.74) is 1.53. The quantitative estimate of drug-likeness (QED) is 0.447. The molecule has 4 aromatic rings. The van der Waals surface area contributed by atoms with Crippen molar-refractivity contribution in [2.75, 3.05) is 11.1 Å². The number of amides is 1. The third kappa shape index (κ3) is 4.11. The van der Waals surface area contributed by atoms with Crippen LogP contribution in [0.4, 0.5) is 14.5 Å². The molecule has 2 heterocycles. The molecule has 2 aromatic heterocycles. The van der Waals surface area contributed by atoms with E-state index in [1.165, 1.54) is 6.07 Å². The zero-order valence-corrected chi connectivity index (χ0v) is 16.6. The molecule has 0 aliphatic rings. The molecule has 0 aliphatic heterocycles. The van der Waals surface area contributed by atoms with E-state index in [9.17, 15) is 13.6 Å². The van der Waals surface area contributed by atoms with Crippen LogP contribution < -0.4 is 5.32 Å². The zero-order valence-electron chi connectivity index (χ0n) is 15.8. The summed E-state index contributed by atoms with van der Waals surface area (Å²) >= 11 is 1.15. The maximum atomic E-state index is 13.8. The second-order valence-corrected chi connectivity index (χ2v) is 7.27. The van der Waals surface area contributed by atoms with Gasteiger partial charge in [-0.3, -0.25) is 9.36 Å². The highest BCUT2D eigenvalue weighted by atomic mass is 32.2. The van der Waals surface area contributed by atoms with Crippen LogP contribution in [-0.4, -0.2) is 26.4 Å². The van der Waals surface area contributed by atoms with Crippen LogP contribution in [0.3, 0.4) is 0 Å². The van der Waals surface area contributed by atoms with Crippen molar-refractivity contribution < 1.29 is 18.0 Å². The second-order valence-electron chi connectivity index (χ2n) is 6.33. The number of aromatic nitrogens is 3. The molecule has 2 aromatic carbocycles. The predicted octanol–water partition coefficient (Wildman–Crippen LogP) is 4.84. The van der Waals surface area contributed by atoms with Gasteiger partial charge in [-0.25, -0.2) is 8.78 Å². The van der Waals surface area contributed by atoms with Gasteiger partial charge in [0, 0.05) is 11.8 Å². The number of hydrogen-bond donors (Lipinski definition) is 1. The van der Waals surface area contributed by atoms with E-state index in [0.717, 1.165) is 29.1 Å². The summed E-state index contributed by atoms with van der Waals surface area (Å²) in [5.74, 6) is -0.752. The van der Waals surface area contributed by atoms with Crippen molar-refractivity contribution in [1.29, 1.82) is 0 Å². The molecule has 0 fully saturated rings. The van der Waals surface area contributed by atoms with Crippen molar-refractivity contribution in [3.05, 3.63) is 78.3 Å². The normalized spacial score (nSPS) is 10.9. The van der Waals surface area contributed by atoms with E-state index in [1.54, 1.807) is 12.3 Å². The first-order chi connectivity index (χ1) is 14.5. The smallest absolute Gasteiger partial charge is 0.234 e. The van der Waals surface area contributed by atoms with Crippen LogP contribution in [0.15, 0.2) is 70.4 Å². The number of thioether (sulfide) groups is 1. The molecule has 0 saturated heterocycles. The standard InChI is InChI=1S/C21H16F2N4O2S/c1-13-16(9-10-29-13)20-25-26-21(27(20)15-5-3-2-4-6-15)30-12-19(28)24-18-8-7-14(22)11-17(18)23/h2-11H,12H2,1H3,(H,24,28). The Hall–Kier alpha value is -3.46. The summed E-state index contributed by atoms with van der Waals surface area (Å²) in [6.07, 6.45) is 1.58. The highest BCUT2D eigenvalue weighted by molar-refractivity contribution is 7.99. The molecule has 0 bridgehead atoms. The van der Waals surface area contributed by atoms with Crippen molar-refractivity contribution in [3.8, 4) is 17.1 Å². The van der Waals surface area contributed by atoms with Crippen molar-refractivity contribution in [2.24, 2.45) is 0 Å². The molecule has 4 rings (SSSR count). The number of nitrogens with zero attached hydrogens (tertiary/aromatic N) is 3. The highest BCUT2D eigenvalue weighted by Crippen LogP contribution is 2.30. The topological polar surface area (TPSA) is 72.9 Å². The minimum absolute atomic E-state index is 0.0356. The monoisotopic (exact) mass is 426 g/mol. The van der Waals surface area contributed by atoms with Crippen LogP contribution in [-0.2, 0) is 4.79 Å². The minimum Gasteiger partial charge on any atom is -0.469 e. The van der Waals surface area contributed by atoms with Crippen LogP contribution >= 0.6 is 11.8 Å². The Bertz CT molecular complexity index is 1190. The Morgan fingerprint density at radius 2 is 1.93 bits per heavy atom. The number of halogens is 2. The molecular weight excluding hydrogens is 410 g/mol. The predicted molar refractivity (Wildman–Crippen MR) is 110 cm³/mol. The number of benzene rings is 2. The Labute approximate surface area is 174 Å². The van der Waals surface area contributed by atoms with E-state index in [2.05, 4.69) is 15.5 Å². The van der Waals surface area contributed by atoms with Crippen LogP contribution in [0.25, 0.3) is 17.1 Å². The molecule has 0 aliphatic carbocycles. The third-order valence-corrected chi connectivity index (χ3v) is 5.21. The number of para-hydroxylation sites is 1. The molecule has 0 radical (unpaired) electrons. The minimum atomic E-state index is -0.835. The van der Waals surface area contributed by atoms with Crippen LogP contribution in [0.1, 0.15) is 5.76 Å². The van der Waals surface area contributed by atoms with Gasteiger partial charge in [0.1, 0.15) is 17.4 Å². The molecular formula is C21H16F2N4O2S. The van der Waals surface area contributed by atoms with Gasteiger partial charge in [-0.2, -0.15) is 0 Å². The maximum Gasteiger partial charge on any atom is 0.234 e. The fourth-order valence-electron chi connectivity index (χ4n) is 2.87. The van der Waals surface area contributed by atoms with Gasteiger partial charge in [0.2, 0.25) is 5.91 Å². The molecule has 6 nitrogen and oxygen atoms in total. The maximum absolute atomic E-state index is 13.8. The van der Waals surface area contributed by atoms with Gasteiger partial charge < -0.3 is 9.73 Å². The lowest BCUT2D eigenvalue weighted by molar-refractivity contribution is -0.113. The Morgan fingerprint density at radius 3 is 2.63 bits per heavy atom. The van der Waals surface area contributed by atoms with Crippen molar-refractivity contribution in [1.82, 2.24) is 14.8 Å². The van der Waals surface area contributed by atoms with Crippen LogP contribution in [0.5, 0.6) is 0 Å². The van der Waals surface area contributed by atoms with E-state index >= 15 is 0 Å². The Kier molecular flexibility index (Phi) is 5.62. The SMILES string of the molecule is Cc1occc1-c1nnc(SCC(=O)Nc2ccc(F)cc2F)n1-c1ccccc1. The molecule has 1 amide bonds. The number of aryl methyl sites for hydroxylation is 1. The van der Waals surface area contributed by atoms with Gasteiger partial charge in [-0.15, -0.1) is 10.2 Å². The van der Waals surface area contributed by atoms with E-state index in [0.29, 0.717) is 22.8 Å². The first-order valence-corrected chi connectivity index (χ1v) is 9.94. The summed E-state index contributed by atoms with van der Waals surface area (Å²) in [4.78, 5) is 12.3. The largest absolute Gasteiger partial charge is 0.469 e. The summed E-state index contributed by atoms with van der Waals surface area (Å²) in [6, 6.07) is 14.3. The lowest BCUT2D eigenvalue weighted by Crippen LogP contribution is -2.15. The van der Waals surface area contributed by atoms with E-state index in [-0.39, 0.29) is 11.4 Å². The molecule has 0 unspecified atom stereocenters. The number of anilines is 1. The summed E-state index contributed by atoms with van der Waals surface area (Å²) < 4.78 is 34.0. The number of furan rings is 1. The van der Waals surface area contributed by atoms with Gasteiger partial charge in [-0.05, 0) is 37.3 Å². The molecule has 0 saturated carbocycles. The summed E-state index contributed by atoms with van der Waals surface area (Å²) in [6.45, 7) is 1.83. The average Bonchev–Trinajstić information content (AvgIpc) is 3.35. The van der Waals surface area contributed by atoms with E-state index in [4.69, 9.17) is 4.42 Å². The number of nitrogens with one attached hydrogen (secondary N) is 1. The van der Waals surface area contributed by atoms with Gasteiger partial charge in [-0.1, -0.05) is 30.0 Å². The fraction of sp³-hybridized carbons (Fsp3) is 0.0952. The van der Waals surface area contributed by atoms with Gasteiger partial charge in [0.05, 0.1) is 23.3 Å². The third-order valence-electron chi connectivity index (χ3n) is 4.29. The molecule has 0 spiro atoms. The number of hydrogen-bond acceptors (Lipinski definition) is 5. The summed E-state index contributed by atoms with van der Waals surface area (Å²) in [5, 5.41) is 11.4. The average molecular weight is 426 g/mol. The van der Waals surface area contributed by atoms with E-state index < -0.39 is 17.5 Å². The lowest BCUT2D eigenvalue weighted by Gasteiger charge is -2.10. The molecule has 0 atom stereocenters. The Balaban J connectivity index is 1.58. The number of carbonyl (C=O) groups excluding carboxylic acids is 1. The van der Waals surface area contributed by atoms with Crippen molar-refractivity contribution >= 4 is 23.4 Å². The second kappa shape index (κ2) is 8.50. The number of rotatable bonds is 6. The van der Waals surface area contributed by atoms with Crippen molar-refractivity contribution in [2.45, 2.75) is 12.1 Å². The summed E-state index contributed by atoms with van der Waals surface area (Å²) in [7, 11) is 0. The lowest BCUT2D eigenvalue weighted by atomic mass is 10.2. The molecule has 152 valence electrons. The zero-order chi connectivity index (χ0) is 21.1. The van der Waals surface area contributed by atoms with Gasteiger partial charge >= 0.3 is 0 Å². The van der Waals surface area contributed by atoms with E-state index in [1.807, 2.05) is 41.8 Å². The fourth-order valence-corrected chi connectivity index (χ4v) is 3.62. The first-order valence-electron chi connectivity index (χ1n) is 8.96. The first kappa shape index (κ1) is 19.8. The molecule has 1 N–H and O–H groups in total. The van der Waals surface area contributed by atoms with Crippen molar-refractivity contribution in [3.63, 3.8) is 0 Å².